The molecule has 2 atom stereocenters. The van der Waals surface area contributed by atoms with Crippen LogP contribution in [0, 0.1) is 6.92 Å². The first-order valence-corrected chi connectivity index (χ1v) is 17.1. The lowest BCUT2D eigenvalue weighted by Gasteiger charge is -2.38. The van der Waals surface area contributed by atoms with Gasteiger partial charge in [-0.1, -0.05) is 18.2 Å². The second-order valence-electron chi connectivity index (χ2n) is 13.7. The molecular formula is C41H46N2O6. The molecule has 4 aliphatic rings. The number of aryl methyl sites for hydroxylation is 1. The smallest absolute Gasteiger partial charge is 0.204 e. The number of hydrogen-bond acceptors (Lipinski definition) is 8. The summed E-state index contributed by atoms with van der Waals surface area (Å²) in [6, 6.07) is 19.1. The van der Waals surface area contributed by atoms with Gasteiger partial charge >= 0.3 is 0 Å². The SMILES string of the molecule is COc1cc(CC(C)=O)c2cc1Oc1ccc(cc1)C[C@H]1c3cc(c(C)cc3CCN1C)Oc1c(OC)c(OC)cc3c1[C@H](C2)N(C)CC3. The van der Waals surface area contributed by atoms with Crippen molar-refractivity contribution in [3.05, 3.63) is 99.1 Å². The number of methoxy groups -OCH3 is 3. The Bertz CT molecular complexity index is 1900. The molecule has 4 aliphatic heterocycles. The number of carbonyl (C=O) groups is 1. The molecule has 4 heterocycles. The number of fused-ring (bicyclic) bond motifs is 2. The van der Waals surface area contributed by atoms with Crippen molar-refractivity contribution in [1.29, 1.82) is 0 Å². The number of Topliss-reactive ketones (excluding diaryl/α,β-unsaturated/α-hetero) is 1. The maximum Gasteiger partial charge on any atom is 0.204 e. The first kappa shape index (κ1) is 33.0. The van der Waals surface area contributed by atoms with E-state index in [1.165, 1.54) is 16.7 Å². The van der Waals surface area contributed by atoms with Crippen molar-refractivity contribution in [1.82, 2.24) is 9.80 Å². The van der Waals surface area contributed by atoms with Crippen LogP contribution in [0.1, 0.15) is 63.5 Å². The van der Waals surface area contributed by atoms with Gasteiger partial charge in [-0.05, 0) is 129 Å². The Morgan fingerprint density at radius 1 is 0.776 bits per heavy atom. The van der Waals surface area contributed by atoms with Crippen molar-refractivity contribution in [2.45, 2.75) is 58.0 Å². The summed E-state index contributed by atoms with van der Waals surface area (Å²) in [5, 5.41) is 0. The molecule has 4 aromatic carbocycles. The molecule has 0 unspecified atom stereocenters. The molecule has 0 spiro atoms. The summed E-state index contributed by atoms with van der Waals surface area (Å²) < 4.78 is 31.4. The van der Waals surface area contributed by atoms with Crippen LogP contribution >= 0.6 is 0 Å². The first-order valence-electron chi connectivity index (χ1n) is 17.1. The highest BCUT2D eigenvalue weighted by molar-refractivity contribution is 5.79. The van der Waals surface area contributed by atoms with E-state index in [2.05, 4.69) is 61.2 Å². The number of nitrogens with zero attached hydrogens (tertiary/aromatic N) is 2. The zero-order valence-corrected chi connectivity index (χ0v) is 29.6. The Hall–Kier alpha value is -4.53. The highest BCUT2D eigenvalue weighted by Crippen LogP contribution is 2.51. The molecule has 0 saturated carbocycles. The van der Waals surface area contributed by atoms with Gasteiger partial charge in [0.25, 0.3) is 0 Å². The maximum absolute atomic E-state index is 12.6. The highest BCUT2D eigenvalue weighted by Gasteiger charge is 2.35. The van der Waals surface area contributed by atoms with Crippen molar-refractivity contribution in [3.8, 4) is 40.2 Å². The third-order valence-corrected chi connectivity index (χ3v) is 10.5. The molecule has 4 aromatic rings. The summed E-state index contributed by atoms with van der Waals surface area (Å²) in [6.45, 7) is 5.60. The Morgan fingerprint density at radius 3 is 2.18 bits per heavy atom. The van der Waals surface area contributed by atoms with Crippen LogP contribution in [0.15, 0.2) is 54.6 Å². The molecule has 49 heavy (non-hydrogen) atoms. The Morgan fingerprint density at radius 2 is 1.49 bits per heavy atom. The molecule has 0 saturated heterocycles. The number of carbonyl (C=O) groups excluding carboxylic acids is 1. The van der Waals surface area contributed by atoms with Crippen molar-refractivity contribution in [2.75, 3.05) is 48.5 Å². The Balaban J connectivity index is 1.48. The van der Waals surface area contributed by atoms with Gasteiger partial charge in [-0.3, -0.25) is 14.6 Å². The van der Waals surface area contributed by atoms with Gasteiger partial charge < -0.3 is 23.7 Å². The topological polar surface area (TPSA) is 69.7 Å². The fourth-order valence-electron chi connectivity index (χ4n) is 7.86. The number of benzene rings is 4. The molecule has 8 rings (SSSR count). The number of ether oxygens (including phenoxy) is 5. The van der Waals surface area contributed by atoms with Crippen LogP contribution in [0.2, 0.25) is 0 Å². The van der Waals surface area contributed by atoms with Gasteiger partial charge in [0.1, 0.15) is 17.3 Å². The van der Waals surface area contributed by atoms with Gasteiger partial charge in [0.15, 0.2) is 23.0 Å². The zero-order valence-electron chi connectivity index (χ0n) is 29.6. The largest absolute Gasteiger partial charge is 0.493 e. The molecular weight excluding hydrogens is 616 g/mol. The molecule has 0 aliphatic carbocycles. The lowest BCUT2D eigenvalue weighted by atomic mass is 9.85. The molecule has 6 bridgehead atoms. The average Bonchev–Trinajstić information content (AvgIpc) is 3.08. The summed E-state index contributed by atoms with van der Waals surface area (Å²) in [6.07, 6.45) is 3.59. The van der Waals surface area contributed by atoms with Crippen LogP contribution in [0.5, 0.6) is 40.2 Å². The number of ketones is 1. The number of rotatable bonds is 5. The van der Waals surface area contributed by atoms with Crippen LogP contribution in [-0.4, -0.2) is 64.1 Å². The van der Waals surface area contributed by atoms with Crippen LogP contribution in [-0.2, 0) is 36.9 Å². The van der Waals surface area contributed by atoms with E-state index in [0.29, 0.717) is 41.6 Å². The Labute approximate surface area is 289 Å². The summed E-state index contributed by atoms with van der Waals surface area (Å²) >= 11 is 0. The third-order valence-electron chi connectivity index (χ3n) is 10.5. The number of likely N-dealkylation sites (N-methyl/N-ethyl adjacent to an activating group) is 2. The van der Waals surface area contributed by atoms with E-state index >= 15 is 0 Å². The van der Waals surface area contributed by atoms with E-state index in [0.717, 1.165) is 71.7 Å². The maximum atomic E-state index is 12.6. The highest BCUT2D eigenvalue weighted by atomic mass is 16.5. The standard InChI is InChI=1S/C41H46N2O6/c1-24-16-27-12-14-42(3)33-18-26-8-10-31(11-9-26)48-37-22-30(29(17-25(2)44)21-36(37)45-5)19-34-39-28(13-15-43(34)4)20-38(46-6)40(47-7)41(39)49-35(24)23-32(27)33/h8-11,16,20-23,33-34H,12-15,17-19H2,1-7H3/t33-,34-/m0/s1. The molecule has 256 valence electrons. The van der Waals surface area contributed by atoms with Crippen molar-refractivity contribution in [2.24, 2.45) is 0 Å². The van der Waals surface area contributed by atoms with E-state index in [-0.39, 0.29) is 17.9 Å². The fraction of sp³-hybridized carbons (Fsp3) is 0.390. The first-order chi connectivity index (χ1) is 23.7. The van der Waals surface area contributed by atoms with E-state index in [4.69, 9.17) is 23.7 Å². The minimum Gasteiger partial charge on any atom is -0.493 e. The van der Waals surface area contributed by atoms with E-state index in [1.54, 1.807) is 28.3 Å². The van der Waals surface area contributed by atoms with Crippen molar-refractivity contribution in [3.63, 3.8) is 0 Å². The average molecular weight is 663 g/mol. The van der Waals surface area contributed by atoms with E-state index in [9.17, 15) is 4.79 Å². The number of hydrogen-bond donors (Lipinski definition) is 0. The van der Waals surface area contributed by atoms with Gasteiger partial charge in [0.05, 0.1) is 21.3 Å². The van der Waals surface area contributed by atoms with Crippen LogP contribution < -0.4 is 23.7 Å². The van der Waals surface area contributed by atoms with Gasteiger partial charge in [0, 0.05) is 37.2 Å². The molecule has 0 N–H and O–H groups in total. The zero-order chi connectivity index (χ0) is 34.4. The molecule has 8 heteroatoms. The third kappa shape index (κ3) is 6.24. The molecule has 0 fully saturated rings. The second-order valence-corrected chi connectivity index (χ2v) is 13.7. The Kier molecular flexibility index (Phi) is 9.03. The lowest BCUT2D eigenvalue weighted by Crippen LogP contribution is -2.34. The predicted molar refractivity (Wildman–Crippen MR) is 190 cm³/mol. The summed E-state index contributed by atoms with van der Waals surface area (Å²) in [7, 11) is 9.34. The monoisotopic (exact) mass is 662 g/mol. The minimum absolute atomic E-state index is 0.0829. The van der Waals surface area contributed by atoms with Gasteiger partial charge in [-0.15, -0.1) is 0 Å². The van der Waals surface area contributed by atoms with Crippen LogP contribution in [0.25, 0.3) is 0 Å². The van der Waals surface area contributed by atoms with E-state index in [1.807, 2.05) is 24.3 Å². The summed E-state index contributed by atoms with van der Waals surface area (Å²) in [4.78, 5) is 17.4. The van der Waals surface area contributed by atoms with Crippen molar-refractivity contribution < 1.29 is 28.5 Å². The van der Waals surface area contributed by atoms with Crippen LogP contribution in [0.4, 0.5) is 0 Å². The molecule has 0 amide bonds. The molecule has 0 aromatic heterocycles. The van der Waals surface area contributed by atoms with Crippen LogP contribution in [0.3, 0.4) is 0 Å². The summed E-state index contributed by atoms with van der Waals surface area (Å²) in [5.74, 6) is 4.73. The second kappa shape index (κ2) is 13.4. The van der Waals surface area contributed by atoms with Gasteiger partial charge in [0.2, 0.25) is 5.75 Å². The van der Waals surface area contributed by atoms with Gasteiger partial charge in [-0.25, -0.2) is 0 Å². The van der Waals surface area contributed by atoms with Crippen molar-refractivity contribution >= 4 is 5.78 Å². The predicted octanol–water partition coefficient (Wildman–Crippen LogP) is 7.59. The molecule has 0 radical (unpaired) electrons. The van der Waals surface area contributed by atoms with E-state index < -0.39 is 0 Å². The summed E-state index contributed by atoms with van der Waals surface area (Å²) in [5.41, 5.74) is 9.13. The fourth-order valence-corrected chi connectivity index (χ4v) is 7.86. The lowest BCUT2D eigenvalue weighted by molar-refractivity contribution is -0.116. The molecule has 8 nitrogen and oxygen atoms in total. The van der Waals surface area contributed by atoms with Gasteiger partial charge in [-0.2, -0.15) is 0 Å². The quantitative estimate of drug-likeness (QED) is 0.217. The normalized spacial score (nSPS) is 18.8. The minimum atomic E-state index is -0.0829.